The summed E-state index contributed by atoms with van der Waals surface area (Å²) in [5, 5.41) is 7.04. The van der Waals surface area contributed by atoms with Gasteiger partial charge >= 0.3 is 12.1 Å². The molecule has 2 atom stereocenters. The average molecular weight is 443 g/mol. The summed E-state index contributed by atoms with van der Waals surface area (Å²) in [4.78, 5) is 32.4. The lowest BCUT2D eigenvalue weighted by atomic mass is 10.1. The third kappa shape index (κ3) is 5.41. The average Bonchev–Trinajstić information content (AvgIpc) is 3.17. The van der Waals surface area contributed by atoms with E-state index < -0.39 is 33.6 Å². The van der Waals surface area contributed by atoms with Gasteiger partial charge in [0.15, 0.2) is 15.7 Å². The second-order valence-electron chi connectivity index (χ2n) is 8.75. The summed E-state index contributed by atoms with van der Waals surface area (Å²) in [6.45, 7) is 6.20. The summed E-state index contributed by atoms with van der Waals surface area (Å²) in [5.74, 6) is 0.397. The number of hydrogen-bond acceptors (Lipinski definition) is 7. The number of rotatable bonds is 4. The number of nitrogens with one attached hydrogen (secondary N) is 1. The first-order chi connectivity index (χ1) is 14.0. The zero-order chi connectivity index (χ0) is 22.1. The highest BCUT2D eigenvalue weighted by Crippen LogP contribution is 2.28. The van der Waals surface area contributed by atoms with Gasteiger partial charge in [0.1, 0.15) is 11.9 Å². The van der Waals surface area contributed by atoms with E-state index in [0.717, 1.165) is 0 Å². The SMILES string of the molecule is Cn1cnc(CCCNC(=O)N2CCN(C(=O)OC(C)(C)C)[C@@H]3CS(=O)(=O)C[C@@H]32)n1. The van der Waals surface area contributed by atoms with Gasteiger partial charge in [-0.2, -0.15) is 5.10 Å². The lowest BCUT2D eigenvalue weighted by Gasteiger charge is -2.43. The highest BCUT2D eigenvalue weighted by molar-refractivity contribution is 7.91. The van der Waals surface area contributed by atoms with Crippen molar-refractivity contribution in [2.24, 2.45) is 7.05 Å². The molecule has 2 aliphatic heterocycles. The summed E-state index contributed by atoms with van der Waals surface area (Å²) >= 11 is 0. The molecular formula is C18H30N6O5S. The predicted molar refractivity (Wildman–Crippen MR) is 109 cm³/mol. The van der Waals surface area contributed by atoms with Crippen LogP contribution in [0.25, 0.3) is 0 Å². The van der Waals surface area contributed by atoms with Gasteiger partial charge in [0, 0.05) is 33.1 Å². The molecule has 2 saturated heterocycles. The van der Waals surface area contributed by atoms with Gasteiger partial charge in [0.05, 0.1) is 23.6 Å². The van der Waals surface area contributed by atoms with Crippen molar-refractivity contribution < 1.29 is 22.7 Å². The van der Waals surface area contributed by atoms with Crippen LogP contribution in [0.1, 0.15) is 33.0 Å². The second kappa shape index (κ2) is 8.40. The minimum absolute atomic E-state index is 0.151. The zero-order valence-corrected chi connectivity index (χ0v) is 18.7. The Morgan fingerprint density at radius 2 is 1.83 bits per heavy atom. The van der Waals surface area contributed by atoms with Crippen LogP contribution in [0.4, 0.5) is 9.59 Å². The second-order valence-corrected chi connectivity index (χ2v) is 10.9. The molecule has 1 aromatic heterocycles. The first kappa shape index (κ1) is 22.3. The molecule has 0 saturated carbocycles. The molecular weight excluding hydrogens is 412 g/mol. The molecule has 0 bridgehead atoms. The third-order valence-electron chi connectivity index (χ3n) is 5.07. The van der Waals surface area contributed by atoms with E-state index in [1.165, 1.54) is 9.80 Å². The van der Waals surface area contributed by atoms with E-state index in [1.54, 1.807) is 38.8 Å². The maximum atomic E-state index is 12.7. The molecule has 2 aliphatic rings. The van der Waals surface area contributed by atoms with Gasteiger partial charge in [0.2, 0.25) is 0 Å². The molecule has 1 N–H and O–H groups in total. The number of carbonyl (C=O) groups excluding carboxylic acids is 2. The Bertz CT molecular complexity index is 893. The first-order valence-electron chi connectivity index (χ1n) is 10.0. The normalized spacial score (nSPS) is 23.2. The number of nitrogens with zero attached hydrogens (tertiary/aromatic N) is 5. The van der Waals surface area contributed by atoms with Crippen LogP contribution in [-0.4, -0.2) is 93.9 Å². The molecule has 11 nitrogen and oxygen atoms in total. The Labute approximate surface area is 176 Å². The van der Waals surface area contributed by atoms with E-state index in [9.17, 15) is 18.0 Å². The van der Waals surface area contributed by atoms with Crippen molar-refractivity contribution in [1.82, 2.24) is 29.9 Å². The molecule has 2 fully saturated rings. The van der Waals surface area contributed by atoms with E-state index >= 15 is 0 Å². The van der Waals surface area contributed by atoms with Gasteiger partial charge in [-0.1, -0.05) is 0 Å². The Kier molecular flexibility index (Phi) is 6.25. The van der Waals surface area contributed by atoms with Crippen molar-refractivity contribution in [1.29, 1.82) is 0 Å². The minimum Gasteiger partial charge on any atom is -0.444 e. The van der Waals surface area contributed by atoms with Crippen LogP contribution in [0.15, 0.2) is 6.33 Å². The minimum atomic E-state index is -3.35. The van der Waals surface area contributed by atoms with E-state index in [2.05, 4.69) is 15.4 Å². The number of carbonyl (C=O) groups is 2. The molecule has 0 aromatic carbocycles. The van der Waals surface area contributed by atoms with Crippen molar-refractivity contribution in [2.75, 3.05) is 31.1 Å². The number of urea groups is 1. The fraction of sp³-hybridized carbons (Fsp3) is 0.778. The van der Waals surface area contributed by atoms with Crippen molar-refractivity contribution in [3.05, 3.63) is 12.2 Å². The molecule has 0 spiro atoms. The van der Waals surface area contributed by atoms with Crippen LogP contribution in [0.5, 0.6) is 0 Å². The van der Waals surface area contributed by atoms with E-state index in [-0.39, 0.29) is 30.6 Å². The van der Waals surface area contributed by atoms with Gasteiger partial charge in [-0.3, -0.25) is 4.68 Å². The smallest absolute Gasteiger partial charge is 0.410 e. The lowest BCUT2D eigenvalue weighted by Crippen LogP contribution is -2.63. The molecule has 3 heterocycles. The maximum absolute atomic E-state index is 12.7. The van der Waals surface area contributed by atoms with E-state index in [0.29, 0.717) is 25.2 Å². The Morgan fingerprint density at radius 3 is 2.43 bits per heavy atom. The summed E-state index contributed by atoms with van der Waals surface area (Å²) in [5.41, 5.74) is -0.680. The molecule has 0 unspecified atom stereocenters. The highest BCUT2D eigenvalue weighted by atomic mass is 32.2. The summed E-state index contributed by atoms with van der Waals surface area (Å²) in [6, 6.07) is -1.49. The molecule has 1 aromatic rings. The van der Waals surface area contributed by atoms with Crippen molar-refractivity contribution >= 4 is 22.0 Å². The molecule has 168 valence electrons. The predicted octanol–water partition coefficient (Wildman–Crippen LogP) is 0.176. The number of sulfone groups is 1. The molecule has 3 amide bonds. The van der Waals surface area contributed by atoms with Crippen molar-refractivity contribution in [3.8, 4) is 0 Å². The van der Waals surface area contributed by atoms with Crippen LogP contribution in [0.2, 0.25) is 0 Å². The van der Waals surface area contributed by atoms with Gasteiger partial charge in [-0.25, -0.2) is 23.0 Å². The summed E-state index contributed by atoms with van der Waals surface area (Å²) < 4.78 is 31.6. The summed E-state index contributed by atoms with van der Waals surface area (Å²) in [6.07, 6.45) is 2.38. The highest BCUT2D eigenvalue weighted by Gasteiger charge is 2.50. The quantitative estimate of drug-likeness (QED) is 0.659. The van der Waals surface area contributed by atoms with Crippen LogP contribution in [0, 0.1) is 0 Å². The monoisotopic (exact) mass is 442 g/mol. The standard InChI is InChI=1S/C18H30N6O5S/c1-18(2,3)29-17(26)24-9-8-23(13-10-30(27,28)11-14(13)24)16(25)19-7-5-6-15-20-12-22(4)21-15/h12-14H,5-11H2,1-4H3,(H,19,25)/t13-,14+/m0/s1. The lowest BCUT2D eigenvalue weighted by molar-refractivity contribution is -0.00239. The molecule has 30 heavy (non-hydrogen) atoms. The molecule has 3 rings (SSSR count). The fourth-order valence-corrected chi connectivity index (χ4v) is 5.78. The van der Waals surface area contributed by atoms with Crippen molar-refractivity contribution in [3.63, 3.8) is 0 Å². The maximum Gasteiger partial charge on any atom is 0.410 e. The van der Waals surface area contributed by atoms with E-state index in [1.807, 2.05) is 0 Å². The molecule has 0 radical (unpaired) electrons. The Morgan fingerprint density at radius 1 is 1.20 bits per heavy atom. The molecule has 12 heteroatoms. The number of fused-ring (bicyclic) bond motifs is 1. The van der Waals surface area contributed by atoms with Crippen LogP contribution in [0.3, 0.4) is 0 Å². The van der Waals surface area contributed by atoms with Gasteiger partial charge in [-0.15, -0.1) is 0 Å². The van der Waals surface area contributed by atoms with Gasteiger partial charge in [0.25, 0.3) is 0 Å². The van der Waals surface area contributed by atoms with Crippen LogP contribution in [-0.2, 0) is 28.0 Å². The van der Waals surface area contributed by atoms with Crippen LogP contribution < -0.4 is 5.32 Å². The topological polar surface area (TPSA) is 127 Å². The zero-order valence-electron chi connectivity index (χ0n) is 17.9. The fourth-order valence-electron chi connectivity index (χ4n) is 3.79. The number of piperazine rings is 1. The number of hydrogen-bond donors (Lipinski definition) is 1. The van der Waals surface area contributed by atoms with Crippen LogP contribution >= 0.6 is 0 Å². The van der Waals surface area contributed by atoms with E-state index in [4.69, 9.17) is 4.74 Å². The van der Waals surface area contributed by atoms with Gasteiger partial charge in [-0.05, 0) is 27.2 Å². The Hall–Kier alpha value is -2.37. The number of ether oxygens (including phenoxy) is 1. The van der Waals surface area contributed by atoms with Gasteiger partial charge < -0.3 is 19.9 Å². The largest absolute Gasteiger partial charge is 0.444 e. The number of aromatic nitrogens is 3. The number of amides is 3. The first-order valence-corrected chi connectivity index (χ1v) is 11.9. The number of aryl methyl sites for hydroxylation is 2. The Balaban J connectivity index is 1.59. The van der Waals surface area contributed by atoms with Crippen molar-refractivity contribution in [2.45, 2.75) is 51.3 Å². The molecule has 0 aliphatic carbocycles. The third-order valence-corrected chi connectivity index (χ3v) is 6.76. The summed E-state index contributed by atoms with van der Waals surface area (Å²) in [7, 11) is -1.56.